The minimum absolute atomic E-state index is 0.0367. The Labute approximate surface area is 159 Å². The monoisotopic (exact) mass is 385 g/mol. The van der Waals surface area contributed by atoms with Crippen LogP contribution in [-0.2, 0) is 16.1 Å². The van der Waals surface area contributed by atoms with E-state index in [1.54, 1.807) is 41.1 Å². The third kappa shape index (κ3) is 3.68. The van der Waals surface area contributed by atoms with Crippen LogP contribution in [0.3, 0.4) is 0 Å². The molecular weight excluding hydrogens is 370 g/mol. The molecule has 0 saturated heterocycles. The van der Waals surface area contributed by atoms with Crippen molar-refractivity contribution in [2.75, 3.05) is 6.61 Å². The number of nitrogens with zero attached hydrogens (tertiary/aromatic N) is 1. The zero-order valence-corrected chi connectivity index (χ0v) is 14.9. The average Bonchev–Trinajstić information content (AvgIpc) is 3.07. The number of carbonyl (C=O) groups excluding carboxylic acids is 2. The van der Waals surface area contributed by atoms with E-state index in [4.69, 9.17) is 21.1 Å². The molecule has 1 aliphatic rings. The molecule has 2 heterocycles. The fourth-order valence-electron chi connectivity index (χ4n) is 2.85. The van der Waals surface area contributed by atoms with Gasteiger partial charge in [-0.15, -0.1) is 0 Å². The second-order valence-electron chi connectivity index (χ2n) is 6.05. The standard InChI is InChI=1S/C19H16ClN3O4/c20-13-6-5-12-7-8-23(14(12)9-13)10-18(24)21-22-19(25)17-11-26-15-3-1-2-4-16(15)27-17/h1-9,17H,10-11H2,(H,21,24)(H,22,25). The Morgan fingerprint density at radius 3 is 2.78 bits per heavy atom. The van der Waals surface area contributed by atoms with Crippen LogP contribution >= 0.6 is 11.6 Å². The summed E-state index contributed by atoms with van der Waals surface area (Å²) in [6.07, 6.45) is 0.948. The highest BCUT2D eigenvalue weighted by Gasteiger charge is 2.27. The fraction of sp³-hybridized carbons (Fsp3) is 0.158. The van der Waals surface area contributed by atoms with Crippen LogP contribution in [0.4, 0.5) is 0 Å². The molecule has 4 rings (SSSR count). The summed E-state index contributed by atoms with van der Waals surface area (Å²) >= 11 is 6.01. The van der Waals surface area contributed by atoms with Crippen molar-refractivity contribution in [3.63, 3.8) is 0 Å². The zero-order valence-electron chi connectivity index (χ0n) is 14.1. The number of hydrogen-bond donors (Lipinski definition) is 2. The number of para-hydroxylation sites is 2. The molecule has 0 bridgehead atoms. The Kier molecular flexibility index (Phi) is 4.60. The highest BCUT2D eigenvalue weighted by molar-refractivity contribution is 6.31. The highest BCUT2D eigenvalue weighted by Crippen LogP contribution is 2.30. The first kappa shape index (κ1) is 17.2. The highest BCUT2D eigenvalue weighted by atomic mass is 35.5. The van der Waals surface area contributed by atoms with Gasteiger partial charge < -0.3 is 14.0 Å². The Bertz CT molecular complexity index is 1020. The van der Waals surface area contributed by atoms with E-state index in [0.717, 1.165) is 10.9 Å². The molecule has 8 heteroatoms. The quantitative estimate of drug-likeness (QED) is 0.678. The number of halogens is 1. The zero-order chi connectivity index (χ0) is 18.8. The summed E-state index contributed by atoms with van der Waals surface area (Å²) in [7, 11) is 0. The van der Waals surface area contributed by atoms with Gasteiger partial charge in [0.2, 0.25) is 6.10 Å². The summed E-state index contributed by atoms with van der Waals surface area (Å²) < 4.78 is 12.8. The maximum atomic E-state index is 12.2. The Balaban J connectivity index is 1.34. The van der Waals surface area contributed by atoms with Crippen LogP contribution in [0.2, 0.25) is 5.02 Å². The maximum absolute atomic E-state index is 12.2. The summed E-state index contributed by atoms with van der Waals surface area (Å²) in [5.41, 5.74) is 5.60. The van der Waals surface area contributed by atoms with E-state index in [9.17, 15) is 9.59 Å². The molecule has 0 aliphatic carbocycles. The summed E-state index contributed by atoms with van der Waals surface area (Å²) in [6, 6.07) is 14.4. The van der Waals surface area contributed by atoms with Crippen LogP contribution in [0, 0.1) is 0 Å². The normalized spacial score (nSPS) is 15.4. The van der Waals surface area contributed by atoms with Crippen LogP contribution in [0.5, 0.6) is 11.5 Å². The molecule has 1 atom stereocenters. The second-order valence-corrected chi connectivity index (χ2v) is 6.48. The molecule has 1 aliphatic heterocycles. The third-order valence-electron chi connectivity index (χ3n) is 4.18. The summed E-state index contributed by atoms with van der Waals surface area (Å²) in [5.74, 6) is 0.214. The topological polar surface area (TPSA) is 81.6 Å². The van der Waals surface area contributed by atoms with E-state index in [1.807, 2.05) is 18.2 Å². The van der Waals surface area contributed by atoms with Gasteiger partial charge in [-0.2, -0.15) is 0 Å². The Morgan fingerprint density at radius 1 is 1.11 bits per heavy atom. The van der Waals surface area contributed by atoms with Crippen molar-refractivity contribution in [2.24, 2.45) is 0 Å². The van der Waals surface area contributed by atoms with Gasteiger partial charge in [-0.25, -0.2) is 0 Å². The van der Waals surface area contributed by atoms with Gasteiger partial charge in [0.15, 0.2) is 11.5 Å². The summed E-state index contributed by atoms with van der Waals surface area (Å²) in [4.78, 5) is 24.4. The smallest absolute Gasteiger partial charge is 0.283 e. The lowest BCUT2D eigenvalue weighted by atomic mass is 10.2. The number of ether oxygens (including phenoxy) is 2. The first-order valence-corrected chi connectivity index (χ1v) is 8.69. The number of fused-ring (bicyclic) bond motifs is 2. The lowest BCUT2D eigenvalue weighted by Crippen LogP contribution is -2.51. The van der Waals surface area contributed by atoms with Crippen LogP contribution < -0.4 is 20.3 Å². The van der Waals surface area contributed by atoms with Gasteiger partial charge in [0.1, 0.15) is 13.2 Å². The molecule has 2 N–H and O–H groups in total. The number of carbonyl (C=O) groups is 2. The van der Waals surface area contributed by atoms with Crippen molar-refractivity contribution < 1.29 is 19.1 Å². The fourth-order valence-corrected chi connectivity index (χ4v) is 3.02. The van der Waals surface area contributed by atoms with E-state index >= 15 is 0 Å². The second kappa shape index (κ2) is 7.20. The van der Waals surface area contributed by atoms with E-state index in [0.29, 0.717) is 16.5 Å². The van der Waals surface area contributed by atoms with E-state index in [1.165, 1.54) is 0 Å². The molecule has 7 nitrogen and oxygen atoms in total. The molecule has 0 saturated carbocycles. The van der Waals surface area contributed by atoms with Crippen molar-refractivity contribution in [2.45, 2.75) is 12.6 Å². The molecule has 138 valence electrons. The number of benzene rings is 2. The van der Waals surface area contributed by atoms with Crippen molar-refractivity contribution >= 4 is 34.3 Å². The number of hydrazine groups is 1. The molecule has 0 fully saturated rings. The molecule has 27 heavy (non-hydrogen) atoms. The van der Waals surface area contributed by atoms with E-state index < -0.39 is 12.0 Å². The molecule has 2 aromatic carbocycles. The van der Waals surface area contributed by atoms with Gasteiger partial charge in [-0.05, 0) is 35.7 Å². The van der Waals surface area contributed by atoms with Gasteiger partial charge in [-0.1, -0.05) is 29.8 Å². The maximum Gasteiger partial charge on any atom is 0.283 e. The van der Waals surface area contributed by atoms with Crippen LogP contribution in [0.1, 0.15) is 0 Å². The van der Waals surface area contributed by atoms with Crippen molar-refractivity contribution in [1.29, 1.82) is 0 Å². The molecule has 0 spiro atoms. The average molecular weight is 386 g/mol. The number of amides is 2. The van der Waals surface area contributed by atoms with E-state index in [2.05, 4.69) is 10.9 Å². The number of aromatic nitrogens is 1. The van der Waals surface area contributed by atoms with Crippen LogP contribution in [0.25, 0.3) is 10.9 Å². The van der Waals surface area contributed by atoms with Gasteiger partial charge in [0.25, 0.3) is 11.8 Å². The summed E-state index contributed by atoms with van der Waals surface area (Å²) in [5, 5.41) is 1.56. The first-order chi connectivity index (χ1) is 13.1. The van der Waals surface area contributed by atoms with Gasteiger partial charge >= 0.3 is 0 Å². The Morgan fingerprint density at radius 2 is 1.93 bits per heavy atom. The Hall–Kier alpha value is -3.19. The molecule has 1 unspecified atom stereocenters. The number of nitrogens with one attached hydrogen (secondary N) is 2. The van der Waals surface area contributed by atoms with E-state index in [-0.39, 0.29) is 19.1 Å². The van der Waals surface area contributed by atoms with Gasteiger partial charge in [-0.3, -0.25) is 20.4 Å². The lowest BCUT2D eigenvalue weighted by molar-refractivity contribution is -0.135. The van der Waals surface area contributed by atoms with Crippen molar-refractivity contribution in [3.8, 4) is 11.5 Å². The molecule has 0 radical (unpaired) electrons. The third-order valence-corrected chi connectivity index (χ3v) is 4.41. The van der Waals surface area contributed by atoms with Gasteiger partial charge in [0.05, 0.1) is 0 Å². The predicted octanol–water partition coefficient (Wildman–Crippen LogP) is 2.28. The van der Waals surface area contributed by atoms with Crippen molar-refractivity contribution in [3.05, 3.63) is 59.8 Å². The molecular formula is C19H16ClN3O4. The van der Waals surface area contributed by atoms with Crippen LogP contribution in [0.15, 0.2) is 54.7 Å². The first-order valence-electron chi connectivity index (χ1n) is 8.32. The number of hydrogen-bond acceptors (Lipinski definition) is 4. The minimum atomic E-state index is -0.841. The SMILES string of the molecule is O=C(Cn1ccc2ccc(Cl)cc21)NNC(=O)C1COc2ccccc2O1. The van der Waals surface area contributed by atoms with Gasteiger partial charge in [0, 0.05) is 16.7 Å². The molecule has 3 aromatic rings. The molecule has 2 amide bonds. The van der Waals surface area contributed by atoms with Crippen molar-refractivity contribution in [1.82, 2.24) is 15.4 Å². The lowest BCUT2D eigenvalue weighted by Gasteiger charge is -2.25. The van der Waals surface area contributed by atoms with Crippen LogP contribution in [-0.4, -0.2) is 29.1 Å². The molecule has 1 aromatic heterocycles. The largest absolute Gasteiger partial charge is 0.485 e. The predicted molar refractivity (Wildman–Crippen MR) is 99.6 cm³/mol. The minimum Gasteiger partial charge on any atom is -0.485 e. The number of rotatable bonds is 3. The summed E-state index contributed by atoms with van der Waals surface area (Å²) in [6.45, 7) is 0.106.